The van der Waals surface area contributed by atoms with Crippen LogP contribution in [0.1, 0.15) is 0 Å². The van der Waals surface area contributed by atoms with Crippen LogP contribution in [0.2, 0.25) is 0 Å². The summed E-state index contributed by atoms with van der Waals surface area (Å²) >= 11 is 0. The summed E-state index contributed by atoms with van der Waals surface area (Å²) in [6.45, 7) is 0. The largest absolute Gasteiger partial charge is 0.367 e. The molecule has 0 saturated heterocycles. The van der Waals surface area contributed by atoms with Crippen molar-refractivity contribution in [3.8, 4) is 0 Å². The number of fused-ring (bicyclic) bond motifs is 2. The van der Waals surface area contributed by atoms with Gasteiger partial charge in [0.05, 0.1) is 12.4 Å². The first-order chi connectivity index (χ1) is 11.8. The molecule has 5 heteroatoms. The van der Waals surface area contributed by atoms with Gasteiger partial charge in [-0.2, -0.15) is 9.98 Å². The molecule has 24 heavy (non-hydrogen) atoms. The maximum absolute atomic E-state index is 9.85. The second-order valence-electron chi connectivity index (χ2n) is 4.97. The number of nitrogens with zero attached hydrogens (tertiary/aromatic N) is 2. The van der Waals surface area contributed by atoms with Crippen LogP contribution in [-0.4, -0.2) is 28.4 Å². The molecule has 2 aromatic carbocycles. The van der Waals surface area contributed by atoms with Crippen LogP contribution in [0.5, 0.6) is 0 Å². The van der Waals surface area contributed by atoms with E-state index in [2.05, 4.69) is 56.4 Å². The lowest BCUT2D eigenvalue weighted by Gasteiger charge is -1.83. The molecular formula is C19H16N4O. The van der Waals surface area contributed by atoms with Gasteiger partial charge >= 0.3 is 6.03 Å². The van der Waals surface area contributed by atoms with Gasteiger partial charge in [-0.25, -0.2) is 4.79 Å². The van der Waals surface area contributed by atoms with Gasteiger partial charge in [-0.3, -0.25) is 0 Å². The molecule has 2 aromatic heterocycles. The number of H-pyrrole nitrogens is 2. The number of carbonyl (C=O) groups is 1. The van der Waals surface area contributed by atoms with Crippen molar-refractivity contribution in [3.05, 3.63) is 73.1 Å². The Morgan fingerprint density at radius 2 is 1.08 bits per heavy atom. The summed E-state index contributed by atoms with van der Waals surface area (Å²) < 4.78 is 0. The minimum absolute atomic E-state index is 0.407. The molecule has 0 aliphatic carbocycles. The van der Waals surface area contributed by atoms with E-state index in [4.69, 9.17) is 0 Å². The highest BCUT2D eigenvalue weighted by Crippen LogP contribution is 2.09. The van der Waals surface area contributed by atoms with Crippen molar-refractivity contribution in [1.29, 1.82) is 0 Å². The number of nitrogens with one attached hydrogen (secondary N) is 2. The molecule has 5 nitrogen and oxygen atoms in total. The van der Waals surface area contributed by atoms with Crippen LogP contribution < -0.4 is 0 Å². The van der Waals surface area contributed by atoms with Crippen LogP contribution in [0.4, 0.5) is 4.79 Å². The molecule has 0 atom stereocenters. The van der Waals surface area contributed by atoms with E-state index in [1.165, 1.54) is 34.2 Å². The van der Waals surface area contributed by atoms with Gasteiger partial charge in [0.15, 0.2) is 0 Å². The number of para-hydroxylation sites is 2. The van der Waals surface area contributed by atoms with Crippen LogP contribution in [0.3, 0.4) is 0 Å². The average Bonchev–Trinajstić information content (AvgIpc) is 3.37. The number of carbonyl (C=O) groups excluding carboxylic acids is 1. The van der Waals surface area contributed by atoms with Crippen LogP contribution >= 0.6 is 0 Å². The standard InChI is InChI=1S/2C8H7N.C3H2N2O/c2*1-2-4-8-7(3-1)5-6-9-8;6-3-4-1-2-5-3/h2*1-6,9H;1-2H. The summed E-state index contributed by atoms with van der Waals surface area (Å²) in [5, 5.41) is 2.55. The van der Waals surface area contributed by atoms with Crippen LogP contribution in [0.15, 0.2) is 83.0 Å². The first-order valence-electron chi connectivity index (χ1n) is 7.48. The Labute approximate surface area is 138 Å². The Bertz CT molecular complexity index is 854. The zero-order chi connectivity index (χ0) is 16.6. The van der Waals surface area contributed by atoms with Gasteiger partial charge in [0, 0.05) is 23.4 Å². The lowest BCUT2D eigenvalue weighted by Crippen LogP contribution is -1.70. The second-order valence-corrected chi connectivity index (χ2v) is 4.97. The Hall–Kier alpha value is -3.47. The molecule has 3 heterocycles. The van der Waals surface area contributed by atoms with Crippen LogP contribution in [0, 0.1) is 0 Å². The number of hydrogen-bond donors (Lipinski definition) is 2. The molecule has 1 aliphatic heterocycles. The number of aromatic nitrogens is 2. The fraction of sp³-hybridized carbons (Fsp3) is 0. The Morgan fingerprint density at radius 3 is 1.46 bits per heavy atom. The van der Waals surface area contributed by atoms with Gasteiger partial charge < -0.3 is 9.97 Å². The molecule has 0 bridgehead atoms. The van der Waals surface area contributed by atoms with E-state index in [9.17, 15) is 4.79 Å². The van der Waals surface area contributed by atoms with Crippen molar-refractivity contribution in [2.75, 3.05) is 0 Å². The molecule has 0 unspecified atom stereocenters. The van der Waals surface area contributed by atoms with Gasteiger partial charge in [0.25, 0.3) is 0 Å². The van der Waals surface area contributed by atoms with Crippen molar-refractivity contribution in [3.63, 3.8) is 0 Å². The van der Waals surface area contributed by atoms with Crippen LogP contribution in [-0.2, 0) is 0 Å². The predicted molar refractivity (Wildman–Crippen MR) is 99.0 cm³/mol. The van der Waals surface area contributed by atoms with E-state index in [-0.39, 0.29) is 0 Å². The minimum atomic E-state index is -0.407. The maximum atomic E-state index is 9.85. The Morgan fingerprint density at radius 1 is 0.625 bits per heavy atom. The highest BCUT2D eigenvalue weighted by atomic mass is 16.2. The molecule has 0 fully saturated rings. The van der Waals surface area contributed by atoms with Crippen molar-refractivity contribution < 1.29 is 4.79 Å². The van der Waals surface area contributed by atoms with Crippen molar-refractivity contribution in [1.82, 2.24) is 9.97 Å². The fourth-order valence-electron chi connectivity index (χ4n) is 2.22. The second kappa shape index (κ2) is 7.69. The summed E-state index contributed by atoms with van der Waals surface area (Å²) in [6.07, 6.45) is 6.62. The fourth-order valence-corrected chi connectivity index (χ4v) is 2.22. The lowest BCUT2D eigenvalue weighted by molar-refractivity contribution is 0.257. The number of benzene rings is 2. The third-order valence-electron chi connectivity index (χ3n) is 3.36. The SMILES string of the molecule is O=C1N=CC=N1.c1ccc2[nH]ccc2c1.c1ccc2[nH]ccc2c1. The van der Waals surface area contributed by atoms with Gasteiger partial charge in [-0.15, -0.1) is 0 Å². The van der Waals surface area contributed by atoms with Crippen LogP contribution in [0.25, 0.3) is 21.8 Å². The number of urea groups is 1. The molecule has 0 saturated carbocycles. The quantitative estimate of drug-likeness (QED) is 0.489. The third kappa shape index (κ3) is 4.04. The average molecular weight is 316 g/mol. The molecule has 2 N–H and O–H groups in total. The molecule has 1 aliphatic rings. The molecule has 2 amide bonds. The van der Waals surface area contributed by atoms with Crippen molar-refractivity contribution >= 4 is 40.3 Å². The van der Waals surface area contributed by atoms with E-state index in [0.717, 1.165) is 0 Å². The molecule has 118 valence electrons. The lowest BCUT2D eigenvalue weighted by atomic mass is 10.3. The maximum Gasteiger partial charge on any atom is 0.367 e. The third-order valence-corrected chi connectivity index (χ3v) is 3.36. The summed E-state index contributed by atoms with van der Waals surface area (Å²) in [6, 6.07) is 20.2. The van der Waals surface area contributed by atoms with E-state index in [0.29, 0.717) is 0 Å². The Kier molecular flexibility index (Phi) is 4.94. The zero-order valence-corrected chi connectivity index (χ0v) is 12.9. The number of hydrogen-bond acceptors (Lipinski definition) is 1. The zero-order valence-electron chi connectivity index (χ0n) is 12.9. The van der Waals surface area contributed by atoms with Gasteiger partial charge in [-0.05, 0) is 35.0 Å². The van der Waals surface area contributed by atoms with E-state index in [1.54, 1.807) is 0 Å². The van der Waals surface area contributed by atoms with Gasteiger partial charge in [-0.1, -0.05) is 36.4 Å². The van der Waals surface area contributed by atoms with Crippen molar-refractivity contribution in [2.45, 2.75) is 0 Å². The summed E-state index contributed by atoms with van der Waals surface area (Å²) in [5.74, 6) is 0. The summed E-state index contributed by atoms with van der Waals surface area (Å²) in [5.41, 5.74) is 2.41. The van der Waals surface area contributed by atoms with E-state index >= 15 is 0 Å². The monoisotopic (exact) mass is 316 g/mol. The highest BCUT2D eigenvalue weighted by molar-refractivity contribution is 6.25. The first-order valence-corrected chi connectivity index (χ1v) is 7.48. The molecular weight excluding hydrogens is 300 g/mol. The minimum Gasteiger partial charge on any atom is -0.361 e. The summed E-state index contributed by atoms with van der Waals surface area (Å²) in [4.78, 5) is 22.6. The van der Waals surface area contributed by atoms with Gasteiger partial charge in [0.2, 0.25) is 0 Å². The first kappa shape index (κ1) is 15.4. The number of rotatable bonds is 0. The molecule has 5 rings (SSSR count). The smallest absolute Gasteiger partial charge is 0.361 e. The molecule has 4 aromatic rings. The van der Waals surface area contributed by atoms with E-state index < -0.39 is 6.03 Å². The predicted octanol–water partition coefficient (Wildman–Crippen LogP) is 4.60. The van der Waals surface area contributed by atoms with Crippen molar-refractivity contribution in [2.24, 2.45) is 9.98 Å². The molecule has 0 spiro atoms. The summed E-state index contributed by atoms with van der Waals surface area (Å²) in [7, 11) is 0. The van der Waals surface area contributed by atoms with E-state index in [1.807, 2.05) is 36.7 Å². The molecule has 0 radical (unpaired) electrons. The van der Waals surface area contributed by atoms with Gasteiger partial charge in [0.1, 0.15) is 0 Å². The normalized spacial score (nSPS) is 11.9. The number of aromatic amines is 2. The number of aliphatic imine (C=N–C) groups is 2. The topological polar surface area (TPSA) is 73.4 Å². The number of amides is 2. The highest BCUT2D eigenvalue weighted by Gasteiger charge is 1.91. The Balaban J connectivity index is 0.000000108.